The summed E-state index contributed by atoms with van der Waals surface area (Å²) in [6.07, 6.45) is 0. The summed E-state index contributed by atoms with van der Waals surface area (Å²) in [5.41, 5.74) is 8.80. The van der Waals surface area contributed by atoms with Gasteiger partial charge in [-0.2, -0.15) is 15.0 Å². The molecule has 0 saturated carbocycles. The van der Waals surface area contributed by atoms with Gasteiger partial charge in [0.25, 0.3) is 0 Å². The first kappa shape index (κ1) is 21.6. The van der Waals surface area contributed by atoms with Crippen molar-refractivity contribution in [1.82, 2.24) is 24.8 Å². The van der Waals surface area contributed by atoms with Crippen molar-refractivity contribution in [3.8, 4) is 0 Å². The number of rotatable bonds is 6. The van der Waals surface area contributed by atoms with Gasteiger partial charge in [-0.1, -0.05) is 60.7 Å². The lowest BCUT2D eigenvalue weighted by Gasteiger charge is -2.36. The second-order valence-corrected chi connectivity index (χ2v) is 8.79. The Morgan fingerprint density at radius 3 is 1.33 bits per heavy atom. The van der Waals surface area contributed by atoms with Crippen molar-refractivity contribution in [2.45, 2.75) is 13.1 Å². The monoisotopic (exact) mass is 444 g/mol. The number of anilines is 3. The summed E-state index contributed by atoms with van der Waals surface area (Å²) in [7, 11) is 0. The highest BCUT2D eigenvalue weighted by molar-refractivity contribution is 5.44. The van der Waals surface area contributed by atoms with Crippen LogP contribution in [0.5, 0.6) is 0 Å². The van der Waals surface area contributed by atoms with Crippen molar-refractivity contribution < 1.29 is 0 Å². The van der Waals surface area contributed by atoms with Gasteiger partial charge < -0.3 is 15.5 Å². The molecule has 1 aromatic heterocycles. The number of nitrogen functional groups attached to an aromatic ring is 1. The fraction of sp³-hybridized carbons (Fsp3) is 0.400. The fourth-order valence-corrected chi connectivity index (χ4v) is 4.55. The first-order valence-corrected chi connectivity index (χ1v) is 11.8. The maximum Gasteiger partial charge on any atom is 0.232 e. The van der Waals surface area contributed by atoms with Crippen LogP contribution in [0.1, 0.15) is 11.1 Å². The lowest BCUT2D eigenvalue weighted by atomic mass is 10.2. The first-order chi connectivity index (χ1) is 16.2. The molecule has 3 heterocycles. The minimum absolute atomic E-state index is 0.299. The second kappa shape index (κ2) is 10.1. The second-order valence-electron chi connectivity index (χ2n) is 8.79. The Hall–Kier alpha value is -3.23. The summed E-state index contributed by atoms with van der Waals surface area (Å²) >= 11 is 0. The zero-order valence-electron chi connectivity index (χ0n) is 19.1. The smallest absolute Gasteiger partial charge is 0.232 e. The van der Waals surface area contributed by atoms with Gasteiger partial charge in [0, 0.05) is 65.4 Å². The maximum atomic E-state index is 6.10. The molecule has 2 aliphatic rings. The molecule has 3 aromatic rings. The molecule has 172 valence electrons. The highest BCUT2D eigenvalue weighted by atomic mass is 15.4. The average Bonchev–Trinajstić information content (AvgIpc) is 2.86. The van der Waals surface area contributed by atoms with E-state index in [0.717, 1.165) is 65.4 Å². The molecule has 0 unspecified atom stereocenters. The third-order valence-electron chi connectivity index (χ3n) is 6.44. The molecule has 2 fully saturated rings. The Morgan fingerprint density at radius 1 is 0.545 bits per heavy atom. The van der Waals surface area contributed by atoms with E-state index in [1.807, 2.05) is 0 Å². The van der Waals surface area contributed by atoms with E-state index in [2.05, 4.69) is 90.2 Å². The van der Waals surface area contributed by atoms with E-state index in [-0.39, 0.29) is 0 Å². The standard InChI is InChI=1S/C25H32N8/c26-23-27-24(32-15-11-30(12-16-32)19-21-7-3-1-4-8-21)29-25(28-23)33-17-13-31(14-18-33)20-22-9-5-2-6-10-22/h1-10H,11-20H2,(H2,26,27,28,29). The largest absolute Gasteiger partial charge is 0.368 e. The van der Waals surface area contributed by atoms with Gasteiger partial charge in [0.1, 0.15) is 0 Å². The van der Waals surface area contributed by atoms with E-state index in [4.69, 9.17) is 10.7 Å². The highest BCUT2D eigenvalue weighted by Gasteiger charge is 2.23. The molecule has 5 rings (SSSR count). The fourth-order valence-electron chi connectivity index (χ4n) is 4.55. The molecule has 0 spiro atoms. The molecule has 0 bridgehead atoms. The predicted molar refractivity (Wildman–Crippen MR) is 132 cm³/mol. The van der Waals surface area contributed by atoms with Crippen LogP contribution in [0.25, 0.3) is 0 Å². The zero-order chi connectivity index (χ0) is 22.5. The van der Waals surface area contributed by atoms with Gasteiger partial charge in [-0.05, 0) is 11.1 Å². The van der Waals surface area contributed by atoms with E-state index < -0.39 is 0 Å². The molecule has 8 nitrogen and oxygen atoms in total. The van der Waals surface area contributed by atoms with Crippen molar-refractivity contribution in [3.63, 3.8) is 0 Å². The summed E-state index contributed by atoms with van der Waals surface area (Å²) < 4.78 is 0. The number of hydrogen-bond acceptors (Lipinski definition) is 8. The number of hydrogen-bond donors (Lipinski definition) is 1. The van der Waals surface area contributed by atoms with Gasteiger partial charge in [0.2, 0.25) is 17.8 Å². The van der Waals surface area contributed by atoms with Gasteiger partial charge in [-0.15, -0.1) is 0 Å². The molecular weight excluding hydrogens is 412 g/mol. The molecule has 2 N–H and O–H groups in total. The van der Waals surface area contributed by atoms with Gasteiger partial charge in [-0.3, -0.25) is 9.80 Å². The van der Waals surface area contributed by atoms with E-state index in [0.29, 0.717) is 17.8 Å². The Balaban J connectivity index is 1.17. The van der Waals surface area contributed by atoms with Crippen molar-refractivity contribution in [2.75, 3.05) is 67.9 Å². The first-order valence-electron chi connectivity index (χ1n) is 11.8. The molecular formula is C25H32N8. The third-order valence-corrected chi connectivity index (χ3v) is 6.44. The van der Waals surface area contributed by atoms with Gasteiger partial charge in [0.05, 0.1) is 0 Å². The Kier molecular flexibility index (Phi) is 6.64. The van der Waals surface area contributed by atoms with Crippen molar-refractivity contribution >= 4 is 17.8 Å². The molecule has 0 radical (unpaired) electrons. The Labute approximate surface area is 195 Å². The van der Waals surface area contributed by atoms with Crippen LogP contribution in [0, 0.1) is 0 Å². The van der Waals surface area contributed by atoms with Crippen LogP contribution < -0.4 is 15.5 Å². The predicted octanol–water partition coefficient (Wildman–Crippen LogP) is 2.10. The van der Waals surface area contributed by atoms with E-state index in [9.17, 15) is 0 Å². The molecule has 2 aromatic carbocycles. The molecule has 33 heavy (non-hydrogen) atoms. The molecule has 0 aliphatic carbocycles. The summed E-state index contributed by atoms with van der Waals surface area (Å²) in [4.78, 5) is 23.1. The number of aromatic nitrogens is 3. The number of nitrogens with two attached hydrogens (primary N) is 1. The maximum absolute atomic E-state index is 6.10. The molecule has 8 heteroatoms. The van der Waals surface area contributed by atoms with Crippen LogP contribution in [-0.2, 0) is 13.1 Å². The zero-order valence-corrected chi connectivity index (χ0v) is 19.1. The molecule has 2 saturated heterocycles. The average molecular weight is 445 g/mol. The van der Waals surface area contributed by atoms with Crippen LogP contribution in [0.2, 0.25) is 0 Å². The minimum Gasteiger partial charge on any atom is -0.368 e. The quantitative estimate of drug-likeness (QED) is 0.619. The van der Waals surface area contributed by atoms with Crippen LogP contribution in [0.15, 0.2) is 60.7 Å². The number of nitrogens with zero attached hydrogens (tertiary/aromatic N) is 7. The summed E-state index contributed by atoms with van der Waals surface area (Å²) in [5, 5.41) is 0. The highest BCUT2D eigenvalue weighted by Crippen LogP contribution is 2.19. The summed E-state index contributed by atoms with van der Waals surface area (Å²) in [5.74, 6) is 1.69. The van der Waals surface area contributed by atoms with Crippen LogP contribution in [0.3, 0.4) is 0 Å². The lowest BCUT2D eigenvalue weighted by molar-refractivity contribution is 0.247. The Morgan fingerprint density at radius 2 is 0.939 bits per heavy atom. The minimum atomic E-state index is 0.299. The third kappa shape index (κ3) is 5.58. The lowest BCUT2D eigenvalue weighted by Crippen LogP contribution is -2.48. The normalized spacial score (nSPS) is 17.9. The molecule has 0 amide bonds. The van der Waals surface area contributed by atoms with Crippen LogP contribution in [0.4, 0.5) is 17.8 Å². The van der Waals surface area contributed by atoms with Gasteiger partial charge in [0.15, 0.2) is 0 Å². The number of piperazine rings is 2. The van der Waals surface area contributed by atoms with Gasteiger partial charge in [-0.25, -0.2) is 0 Å². The molecule has 2 aliphatic heterocycles. The Bertz CT molecular complexity index is 933. The summed E-state index contributed by atoms with van der Waals surface area (Å²) in [6, 6.07) is 21.3. The molecule has 0 atom stereocenters. The number of benzene rings is 2. The van der Waals surface area contributed by atoms with E-state index >= 15 is 0 Å². The van der Waals surface area contributed by atoms with Crippen LogP contribution in [-0.4, -0.2) is 77.1 Å². The van der Waals surface area contributed by atoms with E-state index in [1.165, 1.54) is 11.1 Å². The van der Waals surface area contributed by atoms with Gasteiger partial charge >= 0.3 is 0 Å². The SMILES string of the molecule is Nc1nc(N2CCN(Cc3ccccc3)CC2)nc(N2CCN(Cc3ccccc3)CC2)n1. The van der Waals surface area contributed by atoms with Crippen molar-refractivity contribution in [1.29, 1.82) is 0 Å². The topological polar surface area (TPSA) is 77.7 Å². The van der Waals surface area contributed by atoms with E-state index in [1.54, 1.807) is 0 Å². The van der Waals surface area contributed by atoms with Crippen molar-refractivity contribution in [2.24, 2.45) is 0 Å². The summed E-state index contributed by atoms with van der Waals surface area (Å²) in [6.45, 7) is 9.44. The van der Waals surface area contributed by atoms with Crippen LogP contribution >= 0.6 is 0 Å². The van der Waals surface area contributed by atoms with Crippen molar-refractivity contribution in [3.05, 3.63) is 71.8 Å².